The standard InChI is InChI=1S/C19H30N4O.HI/c1-14(2)9-21-19(20)22-10-17-7-5-6-8-18(17)13-23-11-15(3)24-16(4)12-23;/h5-8,15-16H,1,9-13H2,2-4H3,(H3,20,21,22);1H. The van der Waals surface area contributed by atoms with Crippen LogP contribution in [0.5, 0.6) is 0 Å². The maximum Gasteiger partial charge on any atom is 0.189 e. The minimum Gasteiger partial charge on any atom is -0.373 e. The van der Waals surface area contributed by atoms with E-state index in [4.69, 9.17) is 10.5 Å². The van der Waals surface area contributed by atoms with Crippen LogP contribution in [0.15, 0.2) is 41.4 Å². The number of nitrogens with one attached hydrogen (secondary N) is 1. The van der Waals surface area contributed by atoms with Crippen LogP contribution in [0.3, 0.4) is 0 Å². The zero-order valence-electron chi connectivity index (χ0n) is 15.5. The van der Waals surface area contributed by atoms with Crippen LogP contribution in [0, 0.1) is 0 Å². The fourth-order valence-corrected chi connectivity index (χ4v) is 2.99. The van der Waals surface area contributed by atoms with Crippen molar-refractivity contribution in [3.63, 3.8) is 0 Å². The third-order valence-electron chi connectivity index (χ3n) is 4.00. The Labute approximate surface area is 168 Å². The molecule has 3 N–H and O–H groups in total. The summed E-state index contributed by atoms with van der Waals surface area (Å²) in [6.45, 7) is 14.2. The molecule has 0 aliphatic carbocycles. The molecule has 0 saturated carbocycles. The third-order valence-corrected chi connectivity index (χ3v) is 4.00. The SMILES string of the molecule is C=C(C)CNC(N)=NCc1ccccc1CN1CC(C)OC(C)C1.I. The minimum atomic E-state index is 0. The van der Waals surface area contributed by atoms with Gasteiger partial charge < -0.3 is 15.8 Å². The second kappa shape index (κ2) is 10.8. The zero-order chi connectivity index (χ0) is 17.5. The molecule has 0 radical (unpaired) electrons. The van der Waals surface area contributed by atoms with Crippen molar-refractivity contribution in [1.29, 1.82) is 0 Å². The van der Waals surface area contributed by atoms with Gasteiger partial charge in [-0.25, -0.2) is 4.99 Å². The topological polar surface area (TPSA) is 62.9 Å². The van der Waals surface area contributed by atoms with E-state index in [9.17, 15) is 0 Å². The van der Waals surface area contributed by atoms with Crippen LogP contribution in [-0.2, 0) is 17.8 Å². The highest BCUT2D eigenvalue weighted by Gasteiger charge is 2.22. The minimum absolute atomic E-state index is 0. The van der Waals surface area contributed by atoms with Crippen molar-refractivity contribution in [3.05, 3.63) is 47.5 Å². The Morgan fingerprint density at radius 2 is 1.88 bits per heavy atom. The average Bonchev–Trinajstić information content (AvgIpc) is 2.51. The lowest BCUT2D eigenvalue weighted by atomic mass is 10.1. The number of morpholine rings is 1. The molecule has 1 aromatic carbocycles. The first-order valence-corrected chi connectivity index (χ1v) is 8.56. The molecule has 1 heterocycles. The van der Waals surface area contributed by atoms with Gasteiger partial charge in [0.25, 0.3) is 0 Å². The molecule has 0 aromatic heterocycles. The van der Waals surface area contributed by atoms with Crippen LogP contribution in [0.2, 0.25) is 0 Å². The van der Waals surface area contributed by atoms with Crippen LogP contribution in [0.4, 0.5) is 0 Å². The molecule has 1 fully saturated rings. The van der Waals surface area contributed by atoms with Crippen molar-refractivity contribution in [2.24, 2.45) is 10.7 Å². The van der Waals surface area contributed by atoms with Gasteiger partial charge >= 0.3 is 0 Å². The van der Waals surface area contributed by atoms with Crippen LogP contribution >= 0.6 is 24.0 Å². The van der Waals surface area contributed by atoms with Crippen LogP contribution < -0.4 is 11.1 Å². The van der Waals surface area contributed by atoms with Gasteiger partial charge in [0.2, 0.25) is 0 Å². The Bertz CT molecular complexity index is 581. The average molecular weight is 458 g/mol. The molecule has 0 bridgehead atoms. The first-order valence-electron chi connectivity index (χ1n) is 8.56. The summed E-state index contributed by atoms with van der Waals surface area (Å²) in [5.41, 5.74) is 9.46. The highest BCUT2D eigenvalue weighted by Crippen LogP contribution is 2.17. The molecule has 6 heteroatoms. The number of hydrogen-bond acceptors (Lipinski definition) is 3. The number of nitrogens with zero attached hydrogens (tertiary/aromatic N) is 2. The summed E-state index contributed by atoms with van der Waals surface area (Å²) in [4.78, 5) is 6.90. The Morgan fingerprint density at radius 3 is 2.48 bits per heavy atom. The maximum absolute atomic E-state index is 5.91. The van der Waals surface area contributed by atoms with E-state index >= 15 is 0 Å². The second-order valence-corrected chi connectivity index (χ2v) is 6.73. The molecule has 0 spiro atoms. The third kappa shape index (κ3) is 7.75. The van der Waals surface area contributed by atoms with Crippen molar-refractivity contribution < 1.29 is 4.74 Å². The summed E-state index contributed by atoms with van der Waals surface area (Å²) in [6.07, 6.45) is 0.557. The van der Waals surface area contributed by atoms with E-state index in [1.54, 1.807) is 0 Å². The number of hydrogen-bond donors (Lipinski definition) is 2. The van der Waals surface area contributed by atoms with Gasteiger partial charge in [-0.05, 0) is 31.9 Å². The molecule has 25 heavy (non-hydrogen) atoms. The quantitative estimate of drug-likeness (QED) is 0.298. The highest BCUT2D eigenvalue weighted by atomic mass is 127. The van der Waals surface area contributed by atoms with E-state index in [-0.39, 0.29) is 36.2 Å². The van der Waals surface area contributed by atoms with Crippen molar-refractivity contribution in [2.75, 3.05) is 19.6 Å². The fourth-order valence-electron chi connectivity index (χ4n) is 2.99. The molecule has 0 amide bonds. The summed E-state index contributed by atoms with van der Waals surface area (Å²) in [5.74, 6) is 0.460. The molecule has 140 valence electrons. The van der Waals surface area contributed by atoms with Gasteiger partial charge in [0.15, 0.2) is 5.96 Å². The number of nitrogens with two attached hydrogens (primary N) is 1. The predicted octanol–water partition coefficient (Wildman–Crippen LogP) is 2.89. The van der Waals surface area contributed by atoms with E-state index in [2.05, 4.69) is 59.9 Å². The lowest BCUT2D eigenvalue weighted by molar-refractivity contribution is -0.0705. The molecule has 1 aliphatic heterocycles. The molecular formula is C19H31IN4O. The van der Waals surface area contributed by atoms with Crippen molar-refractivity contribution >= 4 is 29.9 Å². The van der Waals surface area contributed by atoms with E-state index in [1.165, 1.54) is 11.1 Å². The number of ether oxygens (including phenoxy) is 1. The normalized spacial score (nSPS) is 21.5. The maximum atomic E-state index is 5.91. The summed E-state index contributed by atoms with van der Waals surface area (Å²) in [7, 11) is 0. The highest BCUT2D eigenvalue weighted by molar-refractivity contribution is 14.0. The Kier molecular flexibility index (Phi) is 9.45. The Hall–Kier alpha value is -1.12. The van der Waals surface area contributed by atoms with Crippen LogP contribution in [-0.4, -0.2) is 42.7 Å². The number of guanidine groups is 1. The van der Waals surface area contributed by atoms with E-state index in [0.717, 1.165) is 25.2 Å². The largest absolute Gasteiger partial charge is 0.373 e. The van der Waals surface area contributed by atoms with Gasteiger partial charge in [-0.15, -0.1) is 24.0 Å². The first kappa shape index (κ1) is 21.9. The molecule has 2 atom stereocenters. The molecule has 5 nitrogen and oxygen atoms in total. The zero-order valence-corrected chi connectivity index (χ0v) is 17.8. The van der Waals surface area contributed by atoms with Gasteiger partial charge in [0.05, 0.1) is 18.8 Å². The van der Waals surface area contributed by atoms with Crippen molar-refractivity contribution in [3.8, 4) is 0 Å². The van der Waals surface area contributed by atoms with Gasteiger partial charge in [-0.3, -0.25) is 4.90 Å². The van der Waals surface area contributed by atoms with Gasteiger partial charge in [-0.1, -0.05) is 36.4 Å². The fraction of sp³-hybridized carbons (Fsp3) is 0.526. The van der Waals surface area contributed by atoms with Crippen LogP contribution in [0.25, 0.3) is 0 Å². The van der Waals surface area contributed by atoms with Gasteiger partial charge in [0.1, 0.15) is 0 Å². The lowest BCUT2D eigenvalue weighted by Crippen LogP contribution is -2.44. The van der Waals surface area contributed by atoms with Gasteiger partial charge in [-0.2, -0.15) is 0 Å². The first-order chi connectivity index (χ1) is 11.4. The molecule has 2 unspecified atom stereocenters. The predicted molar refractivity (Wildman–Crippen MR) is 115 cm³/mol. The summed E-state index contributed by atoms with van der Waals surface area (Å²) in [6, 6.07) is 8.43. The number of benzene rings is 1. The second-order valence-electron chi connectivity index (χ2n) is 6.73. The van der Waals surface area contributed by atoms with Crippen molar-refractivity contribution in [1.82, 2.24) is 10.2 Å². The smallest absolute Gasteiger partial charge is 0.189 e. The molecule has 1 aliphatic rings. The van der Waals surface area contributed by atoms with Gasteiger partial charge in [0, 0.05) is 26.2 Å². The van der Waals surface area contributed by atoms with Crippen LogP contribution in [0.1, 0.15) is 31.9 Å². The Morgan fingerprint density at radius 1 is 1.28 bits per heavy atom. The molecule has 1 aromatic rings. The number of rotatable bonds is 6. The van der Waals surface area contributed by atoms with E-state index in [1.807, 2.05) is 6.92 Å². The van der Waals surface area contributed by atoms with E-state index in [0.29, 0.717) is 19.0 Å². The lowest BCUT2D eigenvalue weighted by Gasteiger charge is -2.35. The van der Waals surface area contributed by atoms with Crippen molar-refractivity contribution in [2.45, 2.75) is 46.1 Å². The summed E-state index contributed by atoms with van der Waals surface area (Å²) < 4.78 is 5.81. The number of aliphatic imine (C=N–C) groups is 1. The monoisotopic (exact) mass is 458 g/mol. The molecule has 2 rings (SSSR count). The molecular weight excluding hydrogens is 427 g/mol. The Balaban J connectivity index is 0.00000312. The number of halogens is 1. The molecule has 1 saturated heterocycles. The van der Waals surface area contributed by atoms with E-state index < -0.39 is 0 Å². The summed E-state index contributed by atoms with van der Waals surface area (Å²) >= 11 is 0. The summed E-state index contributed by atoms with van der Waals surface area (Å²) in [5, 5.41) is 3.07.